The fraction of sp³-hybridized carbons (Fsp3) is 0.333. The summed E-state index contributed by atoms with van der Waals surface area (Å²) in [4.78, 5) is 16.3. The number of phenols is 1. The number of hydrogen-bond acceptors (Lipinski definition) is 4. The van der Waals surface area contributed by atoms with Gasteiger partial charge in [-0.15, -0.1) is 0 Å². The summed E-state index contributed by atoms with van der Waals surface area (Å²) in [5.74, 6) is 0.130. The quantitative estimate of drug-likeness (QED) is 0.914. The number of rotatable bonds is 3. The lowest BCUT2D eigenvalue weighted by molar-refractivity contribution is 0.480. The number of aromatic hydroxyl groups is 1. The SMILES string of the molecule is CC(C)CNn1cnc2c(O)c(Cl)cc(Cl)c2c1=O. The van der Waals surface area contributed by atoms with E-state index in [0.717, 1.165) is 0 Å². The topological polar surface area (TPSA) is 67.2 Å². The Morgan fingerprint density at radius 2 is 2.11 bits per heavy atom. The first kappa shape index (κ1) is 14.0. The highest BCUT2D eigenvalue weighted by Gasteiger charge is 2.15. The van der Waals surface area contributed by atoms with E-state index in [2.05, 4.69) is 10.4 Å². The molecule has 0 aliphatic rings. The molecule has 0 fully saturated rings. The molecule has 0 spiro atoms. The molecule has 1 heterocycles. The predicted octanol–water partition coefficient (Wildman–Crippen LogP) is 2.61. The van der Waals surface area contributed by atoms with E-state index in [1.54, 1.807) is 0 Å². The van der Waals surface area contributed by atoms with Gasteiger partial charge in [-0.1, -0.05) is 37.0 Å². The molecule has 0 saturated carbocycles. The Morgan fingerprint density at radius 3 is 2.74 bits per heavy atom. The molecule has 5 nitrogen and oxygen atoms in total. The van der Waals surface area contributed by atoms with Crippen LogP contribution in [-0.4, -0.2) is 21.3 Å². The molecule has 0 unspecified atom stereocenters. The smallest absolute Gasteiger partial charge is 0.281 e. The van der Waals surface area contributed by atoms with Crippen molar-refractivity contribution in [3.05, 3.63) is 32.8 Å². The maximum atomic E-state index is 12.2. The molecule has 0 aliphatic carbocycles. The van der Waals surface area contributed by atoms with Crippen LogP contribution in [0.25, 0.3) is 10.9 Å². The van der Waals surface area contributed by atoms with Crippen molar-refractivity contribution in [2.24, 2.45) is 5.92 Å². The molecule has 0 bridgehead atoms. The highest BCUT2D eigenvalue weighted by molar-refractivity contribution is 6.39. The van der Waals surface area contributed by atoms with Gasteiger partial charge in [0.25, 0.3) is 5.56 Å². The van der Waals surface area contributed by atoms with E-state index in [9.17, 15) is 9.90 Å². The van der Waals surface area contributed by atoms with E-state index in [1.807, 2.05) is 13.8 Å². The Morgan fingerprint density at radius 1 is 1.42 bits per heavy atom. The average Bonchev–Trinajstić information content (AvgIpc) is 2.34. The van der Waals surface area contributed by atoms with E-state index >= 15 is 0 Å². The number of phenolic OH excluding ortho intramolecular Hbond substituents is 1. The van der Waals surface area contributed by atoms with E-state index in [4.69, 9.17) is 23.2 Å². The number of hydrogen-bond donors (Lipinski definition) is 2. The zero-order valence-corrected chi connectivity index (χ0v) is 12.0. The summed E-state index contributed by atoms with van der Waals surface area (Å²) in [5, 5.41) is 10.2. The molecule has 102 valence electrons. The van der Waals surface area contributed by atoms with Crippen molar-refractivity contribution < 1.29 is 5.11 Å². The lowest BCUT2D eigenvalue weighted by Crippen LogP contribution is -2.31. The van der Waals surface area contributed by atoms with Crippen LogP contribution in [0.3, 0.4) is 0 Å². The van der Waals surface area contributed by atoms with Crippen molar-refractivity contribution in [2.45, 2.75) is 13.8 Å². The van der Waals surface area contributed by atoms with E-state index in [1.165, 1.54) is 17.1 Å². The molecule has 2 N–H and O–H groups in total. The minimum Gasteiger partial charge on any atom is -0.504 e. The molecule has 0 saturated heterocycles. The van der Waals surface area contributed by atoms with Gasteiger partial charge in [-0.05, 0) is 12.0 Å². The van der Waals surface area contributed by atoms with Crippen LogP contribution < -0.4 is 11.0 Å². The standard InChI is InChI=1S/C12H13Cl2N3O2/c1-6(2)4-16-17-5-15-10-9(12(17)19)7(13)3-8(14)11(10)18/h3,5-6,16,18H,4H2,1-2H3. The maximum absolute atomic E-state index is 12.2. The molecule has 0 atom stereocenters. The van der Waals surface area contributed by atoms with Crippen LogP contribution in [0.15, 0.2) is 17.2 Å². The van der Waals surface area contributed by atoms with Gasteiger partial charge in [0.05, 0.1) is 15.4 Å². The van der Waals surface area contributed by atoms with Crippen molar-refractivity contribution in [2.75, 3.05) is 12.0 Å². The average molecular weight is 302 g/mol. The largest absolute Gasteiger partial charge is 0.504 e. The van der Waals surface area contributed by atoms with E-state index < -0.39 is 0 Å². The van der Waals surface area contributed by atoms with Crippen molar-refractivity contribution in [1.29, 1.82) is 0 Å². The van der Waals surface area contributed by atoms with Crippen LogP contribution in [0.2, 0.25) is 10.0 Å². The minimum atomic E-state index is -0.373. The number of nitrogens with one attached hydrogen (secondary N) is 1. The molecule has 1 aromatic heterocycles. The molecule has 0 radical (unpaired) electrons. The number of benzene rings is 1. The molecule has 7 heteroatoms. The predicted molar refractivity (Wildman–Crippen MR) is 76.8 cm³/mol. The van der Waals surface area contributed by atoms with Crippen molar-refractivity contribution in [3.63, 3.8) is 0 Å². The van der Waals surface area contributed by atoms with E-state index in [0.29, 0.717) is 12.5 Å². The zero-order chi connectivity index (χ0) is 14.2. The molecule has 2 aromatic rings. The van der Waals surface area contributed by atoms with Gasteiger partial charge in [0.2, 0.25) is 0 Å². The molecular weight excluding hydrogens is 289 g/mol. The van der Waals surface area contributed by atoms with Gasteiger partial charge in [-0.2, -0.15) is 0 Å². The molecule has 0 aliphatic heterocycles. The van der Waals surface area contributed by atoms with Gasteiger partial charge in [0.15, 0.2) is 5.75 Å². The summed E-state index contributed by atoms with van der Waals surface area (Å²) in [7, 11) is 0. The number of aromatic nitrogens is 2. The highest BCUT2D eigenvalue weighted by atomic mass is 35.5. The molecule has 2 rings (SSSR count). The van der Waals surface area contributed by atoms with Crippen LogP contribution in [0, 0.1) is 5.92 Å². The first-order valence-electron chi connectivity index (χ1n) is 5.74. The van der Waals surface area contributed by atoms with Crippen molar-refractivity contribution in [1.82, 2.24) is 9.66 Å². The third-order valence-electron chi connectivity index (χ3n) is 2.58. The number of nitrogens with zero attached hydrogens (tertiary/aromatic N) is 2. The second kappa shape index (κ2) is 5.27. The lowest BCUT2D eigenvalue weighted by Gasteiger charge is -2.12. The molecule has 0 amide bonds. The maximum Gasteiger partial charge on any atom is 0.281 e. The summed E-state index contributed by atoms with van der Waals surface area (Å²) >= 11 is 11.8. The summed E-state index contributed by atoms with van der Waals surface area (Å²) < 4.78 is 1.25. The second-order valence-corrected chi connectivity index (χ2v) is 5.40. The Kier molecular flexibility index (Phi) is 3.87. The number of halogens is 2. The Labute approximate surface area is 119 Å². The third-order valence-corrected chi connectivity index (χ3v) is 3.17. The normalized spacial score (nSPS) is 11.2. The third kappa shape index (κ3) is 2.62. The summed E-state index contributed by atoms with van der Waals surface area (Å²) in [6.45, 7) is 4.65. The van der Waals surface area contributed by atoms with Gasteiger partial charge in [0, 0.05) is 6.54 Å². The van der Waals surface area contributed by atoms with Crippen LogP contribution >= 0.6 is 23.2 Å². The molecular formula is C12H13Cl2N3O2. The highest BCUT2D eigenvalue weighted by Crippen LogP contribution is 2.34. The van der Waals surface area contributed by atoms with Crippen LogP contribution in [-0.2, 0) is 0 Å². The fourth-order valence-corrected chi connectivity index (χ4v) is 2.14. The van der Waals surface area contributed by atoms with Crippen LogP contribution in [0.1, 0.15) is 13.8 Å². The van der Waals surface area contributed by atoms with E-state index in [-0.39, 0.29) is 32.3 Å². The van der Waals surface area contributed by atoms with Gasteiger partial charge in [-0.25, -0.2) is 9.66 Å². The Balaban J connectivity index is 2.62. The van der Waals surface area contributed by atoms with Crippen molar-refractivity contribution >= 4 is 34.1 Å². The first-order valence-corrected chi connectivity index (χ1v) is 6.49. The summed E-state index contributed by atoms with van der Waals surface area (Å²) in [6, 6.07) is 1.33. The zero-order valence-electron chi connectivity index (χ0n) is 10.4. The summed E-state index contributed by atoms with van der Waals surface area (Å²) in [5.41, 5.74) is 2.66. The minimum absolute atomic E-state index is 0.0669. The van der Waals surface area contributed by atoms with Gasteiger partial charge in [0.1, 0.15) is 11.8 Å². The van der Waals surface area contributed by atoms with Crippen LogP contribution in [0.4, 0.5) is 0 Å². The second-order valence-electron chi connectivity index (χ2n) is 4.59. The Hall–Kier alpha value is -1.46. The van der Waals surface area contributed by atoms with Crippen LogP contribution in [0.5, 0.6) is 5.75 Å². The number of fused-ring (bicyclic) bond motifs is 1. The lowest BCUT2D eigenvalue weighted by atomic mass is 10.2. The molecule has 19 heavy (non-hydrogen) atoms. The van der Waals surface area contributed by atoms with Gasteiger partial charge in [-0.3, -0.25) is 4.79 Å². The fourth-order valence-electron chi connectivity index (χ4n) is 1.61. The van der Waals surface area contributed by atoms with Gasteiger partial charge < -0.3 is 10.5 Å². The first-order chi connectivity index (χ1) is 8.91. The Bertz CT molecular complexity index is 683. The van der Waals surface area contributed by atoms with Gasteiger partial charge >= 0.3 is 0 Å². The molecule has 1 aromatic carbocycles. The monoisotopic (exact) mass is 301 g/mol. The van der Waals surface area contributed by atoms with Crippen molar-refractivity contribution in [3.8, 4) is 5.75 Å². The summed E-state index contributed by atoms with van der Waals surface area (Å²) in [6.07, 6.45) is 1.30.